The number of amides is 1. The molecule has 0 unspecified atom stereocenters. The molecule has 4 nitrogen and oxygen atoms in total. The largest absolute Gasteiger partial charge is 0.356 e. The van der Waals surface area contributed by atoms with E-state index in [4.69, 9.17) is 0 Å². The van der Waals surface area contributed by atoms with E-state index in [1.54, 1.807) is 0 Å². The molecule has 2 saturated heterocycles. The lowest BCUT2D eigenvalue weighted by atomic mass is 9.95. The zero-order chi connectivity index (χ0) is 19.8. The van der Waals surface area contributed by atoms with Crippen LogP contribution < -0.4 is 5.32 Å². The third-order valence-electron chi connectivity index (χ3n) is 6.42. The number of nitrogens with one attached hydrogen (secondary N) is 1. The summed E-state index contributed by atoms with van der Waals surface area (Å²) in [6.45, 7) is 8.11. The van der Waals surface area contributed by atoms with Crippen LogP contribution in [0.1, 0.15) is 57.4 Å². The van der Waals surface area contributed by atoms with Gasteiger partial charge in [0.05, 0.1) is 0 Å². The molecule has 2 fully saturated rings. The van der Waals surface area contributed by atoms with Gasteiger partial charge in [-0.2, -0.15) is 0 Å². The van der Waals surface area contributed by atoms with E-state index >= 15 is 0 Å². The summed E-state index contributed by atoms with van der Waals surface area (Å²) < 4.78 is 13.0. The number of carbonyl (C=O) groups is 1. The first-order chi connectivity index (χ1) is 13.7. The number of nitrogens with zero attached hydrogens (tertiary/aromatic N) is 2. The molecule has 0 aliphatic carbocycles. The molecule has 1 amide bonds. The molecule has 3 rings (SSSR count). The van der Waals surface area contributed by atoms with Crippen molar-refractivity contribution in [3.63, 3.8) is 0 Å². The lowest BCUT2D eigenvalue weighted by Gasteiger charge is -2.35. The summed E-state index contributed by atoms with van der Waals surface area (Å²) in [4.78, 5) is 17.5. The molecule has 2 heterocycles. The molecule has 1 N–H and O–H groups in total. The molecule has 0 spiro atoms. The van der Waals surface area contributed by atoms with Gasteiger partial charge in [0.15, 0.2) is 0 Å². The number of likely N-dealkylation sites (tertiary alicyclic amines) is 2. The van der Waals surface area contributed by atoms with Crippen LogP contribution in [0.25, 0.3) is 0 Å². The summed E-state index contributed by atoms with van der Waals surface area (Å²) in [5.41, 5.74) is 1.13. The Labute approximate surface area is 169 Å². The van der Waals surface area contributed by atoms with Crippen LogP contribution in [0.5, 0.6) is 0 Å². The van der Waals surface area contributed by atoms with Crippen molar-refractivity contribution in [2.45, 2.75) is 64.5 Å². The Balaban J connectivity index is 1.31. The van der Waals surface area contributed by atoms with Crippen LogP contribution in [0, 0.1) is 11.7 Å². The number of benzene rings is 1. The average Bonchev–Trinajstić information content (AvgIpc) is 2.73. The van der Waals surface area contributed by atoms with Gasteiger partial charge in [-0.25, -0.2) is 4.39 Å². The Kier molecular flexibility index (Phi) is 8.28. The molecule has 0 radical (unpaired) electrons. The first-order valence-corrected chi connectivity index (χ1v) is 11.1. The predicted molar refractivity (Wildman–Crippen MR) is 112 cm³/mol. The van der Waals surface area contributed by atoms with Gasteiger partial charge >= 0.3 is 0 Å². The third kappa shape index (κ3) is 6.28. The van der Waals surface area contributed by atoms with Crippen molar-refractivity contribution < 1.29 is 9.18 Å². The highest BCUT2D eigenvalue weighted by Gasteiger charge is 2.25. The summed E-state index contributed by atoms with van der Waals surface area (Å²) >= 11 is 0. The second-order valence-electron chi connectivity index (χ2n) is 8.42. The average molecular weight is 390 g/mol. The Bertz CT molecular complexity index is 598. The number of hydrogen-bond acceptors (Lipinski definition) is 3. The molecule has 1 atom stereocenters. The molecule has 28 heavy (non-hydrogen) atoms. The summed E-state index contributed by atoms with van der Waals surface area (Å²) in [6, 6.07) is 7.47. The van der Waals surface area contributed by atoms with E-state index in [2.05, 4.69) is 22.0 Å². The highest BCUT2D eigenvalue weighted by atomic mass is 19.1. The van der Waals surface area contributed by atoms with Crippen LogP contribution in [0.2, 0.25) is 0 Å². The van der Waals surface area contributed by atoms with Crippen molar-refractivity contribution in [1.82, 2.24) is 15.1 Å². The molecule has 0 saturated carbocycles. The van der Waals surface area contributed by atoms with Gasteiger partial charge in [-0.1, -0.05) is 25.5 Å². The first-order valence-electron chi connectivity index (χ1n) is 11.1. The van der Waals surface area contributed by atoms with Gasteiger partial charge in [0.2, 0.25) is 5.91 Å². The van der Waals surface area contributed by atoms with Gasteiger partial charge < -0.3 is 10.2 Å². The minimum absolute atomic E-state index is 0.142. The topological polar surface area (TPSA) is 35.6 Å². The van der Waals surface area contributed by atoms with Gasteiger partial charge in [0.1, 0.15) is 5.82 Å². The molecular weight excluding hydrogens is 353 g/mol. The molecule has 0 bridgehead atoms. The van der Waals surface area contributed by atoms with E-state index in [1.807, 2.05) is 12.1 Å². The monoisotopic (exact) mass is 389 g/mol. The number of rotatable bonds is 8. The minimum Gasteiger partial charge on any atom is -0.356 e. The Morgan fingerprint density at radius 2 is 1.86 bits per heavy atom. The van der Waals surface area contributed by atoms with Crippen molar-refractivity contribution in [3.05, 3.63) is 35.6 Å². The van der Waals surface area contributed by atoms with E-state index in [0.29, 0.717) is 0 Å². The van der Waals surface area contributed by atoms with Crippen LogP contribution in [0.15, 0.2) is 24.3 Å². The summed E-state index contributed by atoms with van der Waals surface area (Å²) in [5, 5.41) is 3.17. The number of halogens is 1. The van der Waals surface area contributed by atoms with Crippen molar-refractivity contribution >= 4 is 5.91 Å². The lowest BCUT2D eigenvalue weighted by Crippen LogP contribution is -2.42. The Morgan fingerprint density at radius 3 is 2.57 bits per heavy atom. The fraction of sp³-hybridized carbons (Fsp3) is 0.696. The van der Waals surface area contributed by atoms with E-state index in [0.717, 1.165) is 63.6 Å². The van der Waals surface area contributed by atoms with Gasteiger partial charge in [-0.15, -0.1) is 0 Å². The zero-order valence-electron chi connectivity index (χ0n) is 17.3. The van der Waals surface area contributed by atoms with Crippen molar-refractivity contribution in [2.24, 2.45) is 5.92 Å². The van der Waals surface area contributed by atoms with Crippen LogP contribution in [0.3, 0.4) is 0 Å². The summed E-state index contributed by atoms with van der Waals surface area (Å²) in [6.07, 6.45) is 8.13. The second-order valence-corrected chi connectivity index (χ2v) is 8.42. The lowest BCUT2D eigenvalue weighted by molar-refractivity contribution is -0.126. The quantitative estimate of drug-likeness (QED) is 0.687. The minimum atomic E-state index is -0.190. The van der Waals surface area contributed by atoms with Crippen LogP contribution in [-0.2, 0) is 11.3 Å². The first kappa shape index (κ1) is 21.3. The zero-order valence-corrected chi connectivity index (χ0v) is 17.3. The highest BCUT2D eigenvalue weighted by Crippen LogP contribution is 2.20. The van der Waals surface area contributed by atoms with Crippen LogP contribution in [-0.4, -0.2) is 54.5 Å². The normalized spacial score (nSPS) is 22.3. The maximum atomic E-state index is 13.0. The van der Waals surface area contributed by atoms with E-state index in [1.165, 1.54) is 44.4 Å². The Hall–Kier alpha value is -1.46. The SMILES string of the molecule is CC[C@H]1CCCCN1CCCNC(=O)C1CCN(Cc2ccc(F)cc2)CC1. The number of hydrogen-bond donors (Lipinski definition) is 1. The highest BCUT2D eigenvalue weighted by molar-refractivity contribution is 5.78. The standard InChI is InChI=1S/C23H36FN3O/c1-2-22-6-3-4-14-27(22)15-5-13-25-23(28)20-11-16-26(17-12-20)18-19-7-9-21(24)10-8-19/h7-10,20,22H,2-6,11-18H2,1H3,(H,25,28)/t22-/m0/s1. The summed E-state index contributed by atoms with van der Waals surface area (Å²) in [5.74, 6) is 0.180. The fourth-order valence-corrected chi connectivity index (χ4v) is 4.66. The molecule has 156 valence electrons. The maximum absolute atomic E-state index is 13.0. The molecule has 2 aliphatic rings. The van der Waals surface area contributed by atoms with Gasteiger partial charge in [0.25, 0.3) is 0 Å². The molecular formula is C23H36FN3O. The molecule has 2 aliphatic heterocycles. The van der Waals surface area contributed by atoms with Crippen LogP contribution in [0.4, 0.5) is 4.39 Å². The second kappa shape index (κ2) is 10.9. The van der Waals surface area contributed by atoms with E-state index < -0.39 is 0 Å². The van der Waals surface area contributed by atoms with Crippen LogP contribution >= 0.6 is 0 Å². The third-order valence-corrected chi connectivity index (χ3v) is 6.42. The smallest absolute Gasteiger partial charge is 0.223 e. The van der Waals surface area contributed by atoms with Gasteiger partial charge in [-0.05, 0) is 75.9 Å². The summed E-state index contributed by atoms with van der Waals surface area (Å²) in [7, 11) is 0. The number of piperidine rings is 2. The van der Waals surface area contributed by atoms with Crippen molar-refractivity contribution in [2.75, 3.05) is 32.7 Å². The fourth-order valence-electron chi connectivity index (χ4n) is 4.66. The molecule has 5 heteroatoms. The van der Waals surface area contributed by atoms with Gasteiger partial charge in [0, 0.05) is 31.6 Å². The van der Waals surface area contributed by atoms with E-state index in [-0.39, 0.29) is 17.6 Å². The van der Waals surface area contributed by atoms with Gasteiger partial charge in [-0.3, -0.25) is 9.69 Å². The number of carbonyl (C=O) groups excluding carboxylic acids is 1. The molecule has 1 aromatic rings. The predicted octanol–water partition coefficient (Wildman–Crippen LogP) is 3.81. The van der Waals surface area contributed by atoms with E-state index in [9.17, 15) is 9.18 Å². The van der Waals surface area contributed by atoms with Crippen molar-refractivity contribution in [1.29, 1.82) is 0 Å². The Morgan fingerprint density at radius 1 is 1.11 bits per heavy atom. The molecule has 0 aromatic heterocycles. The maximum Gasteiger partial charge on any atom is 0.223 e. The van der Waals surface area contributed by atoms with Crippen molar-refractivity contribution in [3.8, 4) is 0 Å². The molecule has 1 aromatic carbocycles.